The molecule has 5 heterocycles. The van der Waals surface area contributed by atoms with E-state index < -0.39 is 58.6 Å². The van der Waals surface area contributed by atoms with Crippen molar-refractivity contribution < 1.29 is 48.2 Å². The molecule has 10 atom stereocenters. The maximum Gasteiger partial charge on any atom is 0.331 e. The molecule has 0 aromatic heterocycles. The molecule has 2 aliphatic carbocycles. The lowest BCUT2D eigenvalue weighted by Crippen LogP contribution is -2.66. The van der Waals surface area contributed by atoms with Crippen molar-refractivity contribution in [3.63, 3.8) is 0 Å². The largest absolute Gasteiger partial charge is 0.462 e. The van der Waals surface area contributed by atoms with E-state index in [4.69, 9.17) is 28.4 Å². The predicted molar refractivity (Wildman–Crippen MR) is 133 cm³/mol. The highest BCUT2D eigenvalue weighted by Gasteiger charge is 2.83. The van der Waals surface area contributed by atoms with Gasteiger partial charge in [0.1, 0.15) is 36.1 Å². The van der Waals surface area contributed by atoms with Crippen LogP contribution >= 0.6 is 0 Å². The van der Waals surface area contributed by atoms with Crippen LogP contribution in [0.2, 0.25) is 0 Å². The normalized spacial score (nSPS) is 53.4. The fourth-order valence-corrected chi connectivity index (χ4v) is 8.14. The molecule has 0 radical (unpaired) electrons. The lowest BCUT2D eigenvalue weighted by atomic mass is 9.51. The molecule has 7 rings (SSSR count). The maximum atomic E-state index is 13.3. The third-order valence-corrected chi connectivity index (χ3v) is 10.4. The van der Waals surface area contributed by atoms with Gasteiger partial charge in [-0.2, -0.15) is 0 Å². The van der Waals surface area contributed by atoms with Crippen LogP contribution in [-0.2, 0) is 38.0 Å². The zero-order valence-electron chi connectivity index (χ0n) is 22.0. The van der Waals surface area contributed by atoms with Crippen LogP contribution in [0.5, 0.6) is 0 Å². The van der Waals surface area contributed by atoms with Gasteiger partial charge in [0.2, 0.25) is 0 Å². The first kappa shape index (κ1) is 25.6. The van der Waals surface area contributed by atoms with Gasteiger partial charge in [-0.1, -0.05) is 30.7 Å². The molecule has 10 heteroatoms. The molecule has 1 saturated carbocycles. The molecule has 210 valence electrons. The van der Waals surface area contributed by atoms with Crippen molar-refractivity contribution in [2.75, 3.05) is 19.8 Å². The van der Waals surface area contributed by atoms with Gasteiger partial charge in [-0.15, -0.1) is 0 Å². The van der Waals surface area contributed by atoms with Crippen molar-refractivity contribution in [1.29, 1.82) is 0 Å². The van der Waals surface area contributed by atoms with Gasteiger partial charge in [0, 0.05) is 24.0 Å². The van der Waals surface area contributed by atoms with Crippen LogP contribution in [-0.4, -0.2) is 90.0 Å². The molecular formula is C29H34O10. The van der Waals surface area contributed by atoms with E-state index in [1.165, 1.54) is 23.8 Å². The van der Waals surface area contributed by atoms with Crippen LogP contribution in [0.25, 0.3) is 0 Å². The van der Waals surface area contributed by atoms with Crippen LogP contribution in [0.3, 0.4) is 0 Å². The molecule has 2 N–H and O–H groups in total. The highest BCUT2D eigenvalue weighted by atomic mass is 16.7. The number of epoxide rings is 1. The monoisotopic (exact) mass is 542 g/mol. The topological polar surface area (TPSA) is 133 Å². The summed E-state index contributed by atoms with van der Waals surface area (Å²) in [4.78, 5) is 26.4. The van der Waals surface area contributed by atoms with Crippen molar-refractivity contribution in [1.82, 2.24) is 0 Å². The van der Waals surface area contributed by atoms with E-state index in [0.717, 1.165) is 6.42 Å². The van der Waals surface area contributed by atoms with Gasteiger partial charge >= 0.3 is 11.9 Å². The van der Waals surface area contributed by atoms with E-state index >= 15 is 0 Å². The number of aliphatic hydroxyl groups is 2. The van der Waals surface area contributed by atoms with Crippen molar-refractivity contribution in [2.24, 2.45) is 10.8 Å². The van der Waals surface area contributed by atoms with Gasteiger partial charge in [-0.25, -0.2) is 9.59 Å². The smallest absolute Gasteiger partial charge is 0.331 e. The number of hydrogen-bond acceptors (Lipinski definition) is 10. The van der Waals surface area contributed by atoms with Crippen LogP contribution < -0.4 is 0 Å². The lowest BCUT2D eigenvalue weighted by molar-refractivity contribution is -0.232. The summed E-state index contributed by atoms with van der Waals surface area (Å²) >= 11 is 0. The quantitative estimate of drug-likeness (QED) is 0.263. The number of aliphatic hydroxyl groups excluding tert-OH is 2. The van der Waals surface area contributed by atoms with Crippen LogP contribution in [0, 0.1) is 10.8 Å². The first-order valence-corrected chi connectivity index (χ1v) is 13.7. The molecule has 0 aromatic rings. The lowest BCUT2D eigenvalue weighted by Gasteiger charge is -2.58. The van der Waals surface area contributed by atoms with Crippen molar-refractivity contribution >= 4 is 11.9 Å². The fraction of sp³-hybridized carbons (Fsp3) is 0.655. The van der Waals surface area contributed by atoms with E-state index in [2.05, 4.69) is 19.9 Å². The van der Waals surface area contributed by atoms with Crippen molar-refractivity contribution in [3.05, 3.63) is 47.6 Å². The minimum Gasteiger partial charge on any atom is -0.462 e. The van der Waals surface area contributed by atoms with Gasteiger partial charge in [-0.05, 0) is 37.8 Å². The zero-order chi connectivity index (χ0) is 27.2. The van der Waals surface area contributed by atoms with E-state index in [1.807, 2.05) is 0 Å². The third kappa shape index (κ3) is 3.36. The number of carbonyl (C=O) groups is 2. The molecule has 4 saturated heterocycles. The number of rotatable bonds is 0. The number of allylic oxidation sites excluding steroid dienone is 3. The summed E-state index contributed by atoms with van der Waals surface area (Å²) in [5.41, 5.74) is -1.58. The average Bonchev–Trinajstić information content (AvgIpc) is 3.64. The molecule has 2 spiro atoms. The number of ether oxygens (including phenoxy) is 6. The Morgan fingerprint density at radius 1 is 1.00 bits per heavy atom. The summed E-state index contributed by atoms with van der Waals surface area (Å²) in [5, 5.41) is 21.1. The Balaban J connectivity index is 1.32. The maximum absolute atomic E-state index is 13.3. The van der Waals surface area contributed by atoms with Crippen LogP contribution in [0.1, 0.15) is 39.5 Å². The predicted octanol–water partition coefficient (Wildman–Crippen LogP) is 1.40. The van der Waals surface area contributed by atoms with E-state index in [0.29, 0.717) is 31.4 Å². The first-order valence-electron chi connectivity index (χ1n) is 13.7. The standard InChI is InChI=1S/C29H34O10/c1-16-6-9-27-14-34-22(31)12-17-7-10-35-28(23(32)25(33)39-24(17)28)8-4-3-5-21(30)38-18-13-20(37-19(27)11-16)29(15-36-29)26(18,27)2/h3-5,8,11-12,18-20,23-25,32-33H,6-7,9-10,13-15H2,1-2H3/b5-3-,8-4+,17-12+/t18-,19-,20-,23?,24-,25?,26-,27-,28-,29?/m1/s1. The molecule has 5 fully saturated rings. The minimum absolute atomic E-state index is 0.0562. The van der Waals surface area contributed by atoms with Crippen LogP contribution in [0.15, 0.2) is 47.6 Å². The Kier molecular flexibility index (Phi) is 5.64. The number of carbonyl (C=O) groups excluding carboxylic acids is 2. The van der Waals surface area contributed by atoms with Crippen molar-refractivity contribution in [3.8, 4) is 0 Å². The van der Waals surface area contributed by atoms with Gasteiger partial charge < -0.3 is 38.6 Å². The highest BCUT2D eigenvalue weighted by molar-refractivity contribution is 5.83. The molecule has 39 heavy (non-hydrogen) atoms. The molecule has 4 bridgehead atoms. The zero-order valence-corrected chi connectivity index (χ0v) is 22.0. The molecule has 0 amide bonds. The Morgan fingerprint density at radius 3 is 2.62 bits per heavy atom. The summed E-state index contributed by atoms with van der Waals surface area (Å²) < 4.78 is 36.5. The van der Waals surface area contributed by atoms with E-state index in [-0.39, 0.29) is 25.4 Å². The Hall–Kier alpha value is -2.34. The average molecular weight is 543 g/mol. The molecule has 3 unspecified atom stereocenters. The molecule has 5 aliphatic heterocycles. The number of cyclic esters (lactones) is 1. The summed E-state index contributed by atoms with van der Waals surface area (Å²) in [6.45, 7) is 4.93. The summed E-state index contributed by atoms with van der Waals surface area (Å²) in [6.07, 6.45) is 6.94. The molecule has 7 aliphatic rings. The second kappa shape index (κ2) is 8.58. The third-order valence-electron chi connectivity index (χ3n) is 10.4. The molecule has 10 nitrogen and oxygen atoms in total. The minimum atomic E-state index is -1.51. The highest BCUT2D eigenvalue weighted by Crippen LogP contribution is 2.72. The Labute approximate surface area is 226 Å². The van der Waals surface area contributed by atoms with Gasteiger partial charge in [-0.3, -0.25) is 0 Å². The fourth-order valence-electron chi connectivity index (χ4n) is 8.14. The second-order valence-corrected chi connectivity index (χ2v) is 12.1. The van der Waals surface area contributed by atoms with E-state index in [9.17, 15) is 19.8 Å². The summed E-state index contributed by atoms with van der Waals surface area (Å²) in [7, 11) is 0. The number of hydrogen-bond donors (Lipinski definition) is 2. The molecule has 0 aromatic carbocycles. The SMILES string of the molecule is CC1=C[C@H]2O[C@@H]3C[C@H]4OC(=O)/C=C\C=C\[C@]56OCC/C(=C\C(=O)OC[C@@]2(CC1)[C@]4(C)C31CO1)[C@H]5OC(O)C6O. The van der Waals surface area contributed by atoms with Gasteiger partial charge in [0.05, 0.1) is 30.8 Å². The second-order valence-electron chi connectivity index (χ2n) is 12.1. The van der Waals surface area contributed by atoms with E-state index in [1.54, 1.807) is 12.2 Å². The van der Waals surface area contributed by atoms with Gasteiger partial charge in [0.25, 0.3) is 0 Å². The molecular weight excluding hydrogens is 508 g/mol. The van der Waals surface area contributed by atoms with Gasteiger partial charge in [0.15, 0.2) is 6.29 Å². The number of esters is 2. The Bertz CT molecular complexity index is 1210. The first-order chi connectivity index (χ1) is 18.7. The van der Waals surface area contributed by atoms with Crippen LogP contribution in [0.4, 0.5) is 0 Å². The summed E-state index contributed by atoms with van der Waals surface area (Å²) in [6, 6.07) is 0. The summed E-state index contributed by atoms with van der Waals surface area (Å²) in [5.74, 6) is -1.08. The van der Waals surface area contributed by atoms with Crippen molar-refractivity contribution in [2.45, 2.75) is 87.5 Å². The Morgan fingerprint density at radius 2 is 1.82 bits per heavy atom.